The van der Waals surface area contributed by atoms with E-state index in [9.17, 15) is 8.42 Å². The number of benzene rings is 1. The normalized spacial score (nSPS) is 32.8. The van der Waals surface area contributed by atoms with E-state index in [1.54, 1.807) is 0 Å². The maximum atomic E-state index is 11.5. The summed E-state index contributed by atoms with van der Waals surface area (Å²) in [7, 11) is -3.43. The van der Waals surface area contributed by atoms with Crippen molar-refractivity contribution in [3.63, 3.8) is 0 Å². The van der Waals surface area contributed by atoms with Gasteiger partial charge in [0.2, 0.25) is 0 Å². The van der Waals surface area contributed by atoms with Gasteiger partial charge >= 0.3 is 10.3 Å². The summed E-state index contributed by atoms with van der Waals surface area (Å²) in [6.45, 7) is 0.869. The Kier molecular flexibility index (Phi) is 2.27. The fraction of sp³-hybridized carbons (Fsp3) is 0.455. The van der Waals surface area contributed by atoms with E-state index in [1.807, 2.05) is 18.2 Å². The van der Waals surface area contributed by atoms with Crippen LogP contribution < -0.4 is 0 Å². The van der Waals surface area contributed by atoms with Crippen molar-refractivity contribution in [1.29, 1.82) is 0 Å². The molecule has 0 unspecified atom stereocenters. The van der Waals surface area contributed by atoms with Crippen molar-refractivity contribution in [2.75, 3.05) is 13.2 Å². The Morgan fingerprint density at radius 3 is 2.75 bits per heavy atom. The molecule has 2 fully saturated rings. The highest BCUT2D eigenvalue weighted by Gasteiger charge is 2.47. The van der Waals surface area contributed by atoms with Crippen molar-refractivity contribution in [2.45, 2.75) is 18.4 Å². The first kappa shape index (κ1) is 10.3. The Hall–Kier alpha value is -0.910. The topological polar surface area (TPSA) is 46.6 Å². The molecule has 2 aliphatic heterocycles. The Balaban J connectivity index is 1.92. The van der Waals surface area contributed by atoms with Gasteiger partial charge in [0.05, 0.1) is 12.6 Å². The minimum absolute atomic E-state index is 0.00704. The lowest BCUT2D eigenvalue weighted by Gasteiger charge is -2.16. The number of nitrogens with zero attached hydrogens (tertiary/aromatic N) is 1. The largest absolute Gasteiger partial charge is 0.338 e. The van der Waals surface area contributed by atoms with E-state index in [2.05, 4.69) is 12.1 Å². The van der Waals surface area contributed by atoms with Crippen LogP contribution in [0.3, 0.4) is 0 Å². The molecule has 2 heterocycles. The van der Waals surface area contributed by atoms with Gasteiger partial charge in [-0.1, -0.05) is 30.3 Å². The van der Waals surface area contributed by atoms with Gasteiger partial charge < -0.3 is 0 Å². The molecule has 3 rings (SSSR count). The van der Waals surface area contributed by atoms with Gasteiger partial charge in [-0.15, -0.1) is 0 Å². The fourth-order valence-electron chi connectivity index (χ4n) is 2.61. The minimum atomic E-state index is -3.43. The molecule has 4 nitrogen and oxygen atoms in total. The molecule has 2 atom stereocenters. The number of hydrogen-bond donors (Lipinski definition) is 0. The molecular weight excluding hydrogens is 226 g/mol. The molecule has 5 heteroatoms. The maximum Gasteiger partial charge on any atom is 0.338 e. The van der Waals surface area contributed by atoms with Crippen molar-refractivity contribution in [1.82, 2.24) is 4.31 Å². The standard InChI is InChI=1S/C11H13NO3S/c13-16(14)12-7-6-10(11(12)8-15-16)9-4-2-1-3-5-9/h1-5,10-11H,6-8H2/t10-,11+/m0/s1. The van der Waals surface area contributed by atoms with Crippen LogP contribution in [0.5, 0.6) is 0 Å². The van der Waals surface area contributed by atoms with Gasteiger partial charge in [-0.05, 0) is 12.0 Å². The van der Waals surface area contributed by atoms with Gasteiger partial charge in [0.1, 0.15) is 0 Å². The highest BCUT2D eigenvalue weighted by Crippen LogP contribution is 2.39. The van der Waals surface area contributed by atoms with Crippen molar-refractivity contribution in [3.05, 3.63) is 35.9 Å². The van der Waals surface area contributed by atoms with E-state index in [4.69, 9.17) is 4.18 Å². The smallest absolute Gasteiger partial charge is 0.256 e. The Morgan fingerprint density at radius 2 is 2.00 bits per heavy atom. The van der Waals surface area contributed by atoms with Crippen LogP contribution in [0.4, 0.5) is 0 Å². The Labute approximate surface area is 95.1 Å². The van der Waals surface area contributed by atoms with Crippen LogP contribution in [-0.4, -0.2) is 31.9 Å². The van der Waals surface area contributed by atoms with Gasteiger partial charge in [-0.2, -0.15) is 12.7 Å². The average Bonchev–Trinajstić information content (AvgIpc) is 2.82. The third kappa shape index (κ3) is 1.47. The molecule has 2 aliphatic rings. The third-order valence-electron chi connectivity index (χ3n) is 3.40. The van der Waals surface area contributed by atoms with Crippen LogP contribution in [0.25, 0.3) is 0 Å². The average molecular weight is 239 g/mol. The molecule has 0 radical (unpaired) electrons. The highest BCUT2D eigenvalue weighted by atomic mass is 32.2. The molecule has 0 aliphatic carbocycles. The minimum Gasteiger partial charge on any atom is -0.256 e. The summed E-state index contributed by atoms with van der Waals surface area (Å²) in [5.74, 6) is 0.276. The lowest BCUT2D eigenvalue weighted by atomic mass is 9.92. The van der Waals surface area contributed by atoms with Crippen LogP contribution in [0.15, 0.2) is 30.3 Å². The molecule has 0 bridgehead atoms. The van der Waals surface area contributed by atoms with Crippen LogP contribution in [0.2, 0.25) is 0 Å². The van der Waals surface area contributed by atoms with Crippen molar-refractivity contribution >= 4 is 10.3 Å². The van der Waals surface area contributed by atoms with Gasteiger partial charge in [0.25, 0.3) is 0 Å². The van der Waals surface area contributed by atoms with E-state index >= 15 is 0 Å². The summed E-state index contributed by atoms with van der Waals surface area (Å²) in [5.41, 5.74) is 1.20. The summed E-state index contributed by atoms with van der Waals surface area (Å²) in [6, 6.07) is 10.0. The fourth-order valence-corrected chi connectivity index (χ4v) is 3.93. The second kappa shape index (κ2) is 3.55. The number of fused-ring (bicyclic) bond motifs is 1. The Morgan fingerprint density at radius 1 is 1.25 bits per heavy atom. The van der Waals surface area contributed by atoms with E-state index in [0.29, 0.717) is 13.2 Å². The SMILES string of the molecule is O=S1(=O)OC[C@@H]2[C@H](c3ccccc3)CCN21. The molecule has 16 heavy (non-hydrogen) atoms. The van der Waals surface area contributed by atoms with Crippen molar-refractivity contribution < 1.29 is 12.6 Å². The van der Waals surface area contributed by atoms with Gasteiger partial charge in [0, 0.05) is 12.5 Å². The zero-order valence-corrected chi connectivity index (χ0v) is 9.56. The molecular formula is C11H13NO3S. The number of hydrogen-bond acceptors (Lipinski definition) is 3. The van der Waals surface area contributed by atoms with Gasteiger partial charge in [-0.25, -0.2) is 0 Å². The summed E-state index contributed by atoms with van der Waals surface area (Å²) in [6.07, 6.45) is 0.886. The van der Waals surface area contributed by atoms with Crippen LogP contribution in [0, 0.1) is 0 Å². The predicted octanol–water partition coefficient (Wildman–Crippen LogP) is 1.12. The zero-order valence-electron chi connectivity index (χ0n) is 8.74. The zero-order chi connectivity index (χ0) is 11.2. The summed E-state index contributed by atoms with van der Waals surface area (Å²) >= 11 is 0. The quantitative estimate of drug-likeness (QED) is 0.737. The van der Waals surface area contributed by atoms with Crippen LogP contribution in [-0.2, 0) is 14.5 Å². The van der Waals surface area contributed by atoms with E-state index < -0.39 is 10.3 Å². The number of rotatable bonds is 1. The second-order valence-electron chi connectivity index (χ2n) is 4.23. The van der Waals surface area contributed by atoms with E-state index in [-0.39, 0.29) is 12.0 Å². The molecule has 86 valence electrons. The highest BCUT2D eigenvalue weighted by molar-refractivity contribution is 7.84. The molecule has 0 N–H and O–H groups in total. The first-order chi connectivity index (χ1) is 7.68. The van der Waals surface area contributed by atoms with Crippen molar-refractivity contribution in [3.8, 4) is 0 Å². The summed E-state index contributed by atoms with van der Waals surface area (Å²) in [4.78, 5) is 0. The molecule has 1 aromatic carbocycles. The van der Waals surface area contributed by atoms with Crippen molar-refractivity contribution in [2.24, 2.45) is 0 Å². The van der Waals surface area contributed by atoms with Gasteiger partial charge in [-0.3, -0.25) is 4.18 Å². The summed E-state index contributed by atoms with van der Waals surface area (Å²) in [5, 5.41) is 0. The first-order valence-electron chi connectivity index (χ1n) is 5.39. The third-order valence-corrected chi connectivity index (χ3v) is 4.86. The van der Waals surface area contributed by atoms with E-state index in [1.165, 1.54) is 9.87 Å². The lowest BCUT2D eigenvalue weighted by molar-refractivity contribution is 0.317. The van der Waals surface area contributed by atoms with E-state index in [0.717, 1.165) is 6.42 Å². The van der Waals surface area contributed by atoms with Gasteiger partial charge in [0.15, 0.2) is 0 Å². The first-order valence-corrected chi connectivity index (χ1v) is 6.76. The molecule has 0 saturated carbocycles. The molecule has 2 saturated heterocycles. The van der Waals surface area contributed by atoms with Crippen LogP contribution >= 0.6 is 0 Å². The summed E-state index contributed by atoms with van der Waals surface area (Å²) < 4.78 is 29.4. The Bertz CT molecular complexity index is 485. The molecule has 0 amide bonds. The monoisotopic (exact) mass is 239 g/mol. The van der Waals surface area contributed by atoms with Crippen LogP contribution in [0.1, 0.15) is 17.9 Å². The second-order valence-corrected chi connectivity index (χ2v) is 5.79. The lowest BCUT2D eigenvalue weighted by Crippen LogP contribution is -2.30. The molecule has 1 aromatic rings. The molecule has 0 aromatic heterocycles. The molecule has 0 spiro atoms. The predicted molar refractivity (Wildman–Crippen MR) is 59.2 cm³/mol. The maximum absolute atomic E-state index is 11.5.